The molecule has 24 heavy (non-hydrogen) atoms. The molecule has 0 unspecified atom stereocenters. The molecule has 2 aromatic rings. The van der Waals surface area contributed by atoms with Crippen molar-refractivity contribution < 1.29 is 19.1 Å². The van der Waals surface area contributed by atoms with E-state index in [0.717, 1.165) is 14.0 Å². The largest absolute Gasteiger partial charge is 0.486 e. The van der Waals surface area contributed by atoms with Crippen molar-refractivity contribution in [3.63, 3.8) is 0 Å². The van der Waals surface area contributed by atoms with Crippen LogP contribution in [0.5, 0.6) is 11.5 Å². The fraction of sp³-hybridized carbons (Fsp3) is 0.176. The molecule has 0 saturated carbocycles. The number of fused-ring (bicyclic) bond motifs is 1. The number of nitrogens with zero attached hydrogens (tertiary/aromatic N) is 1. The Balaban J connectivity index is 1.84. The summed E-state index contributed by atoms with van der Waals surface area (Å²) in [4.78, 5) is 24.9. The number of aryl methyl sites for hydroxylation is 1. The molecule has 0 aliphatic carbocycles. The minimum atomic E-state index is -0.535. The summed E-state index contributed by atoms with van der Waals surface area (Å²) in [5, 5.41) is 2.76. The van der Waals surface area contributed by atoms with Crippen molar-refractivity contribution in [2.24, 2.45) is 0 Å². The summed E-state index contributed by atoms with van der Waals surface area (Å²) in [7, 11) is 0. The lowest BCUT2D eigenvalue weighted by Gasteiger charge is -2.22. The molecule has 6 nitrogen and oxygen atoms in total. The van der Waals surface area contributed by atoms with Crippen LogP contribution in [0.4, 0.5) is 16.2 Å². The Morgan fingerprint density at radius 3 is 2.67 bits per heavy atom. The van der Waals surface area contributed by atoms with Gasteiger partial charge in [-0.3, -0.25) is 4.79 Å². The van der Waals surface area contributed by atoms with E-state index in [9.17, 15) is 9.59 Å². The summed E-state index contributed by atoms with van der Waals surface area (Å²) in [6.45, 7) is 2.81. The lowest BCUT2D eigenvalue weighted by atomic mass is 10.2. The highest BCUT2D eigenvalue weighted by Gasteiger charge is 2.19. The maximum Gasteiger partial charge on any atom is 0.332 e. The van der Waals surface area contributed by atoms with E-state index in [2.05, 4.69) is 27.9 Å². The van der Waals surface area contributed by atoms with Gasteiger partial charge >= 0.3 is 6.03 Å². The second kappa shape index (κ2) is 7.08. The van der Waals surface area contributed by atoms with Crippen LogP contribution in [0.1, 0.15) is 5.56 Å². The van der Waals surface area contributed by atoms with Crippen LogP contribution in [-0.2, 0) is 4.79 Å². The lowest BCUT2D eigenvalue weighted by molar-refractivity contribution is -0.106. The average molecular weight is 438 g/mol. The van der Waals surface area contributed by atoms with Gasteiger partial charge in [0.05, 0.1) is 5.69 Å². The van der Waals surface area contributed by atoms with Crippen LogP contribution < -0.4 is 19.7 Å². The molecule has 0 saturated heterocycles. The van der Waals surface area contributed by atoms with Crippen molar-refractivity contribution in [3.8, 4) is 11.5 Å². The summed E-state index contributed by atoms with van der Waals surface area (Å²) in [5.74, 6) is 1.12. The number of benzene rings is 2. The molecule has 2 aromatic carbocycles. The van der Waals surface area contributed by atoms with Gasteiger partial charge in [0.2, 0.25) is 6.41 Å². The van der Waals surface area contributed by atoms with E-state index >= 15 is 0 Å². The summed E-state index contributed by atoms with van der Waals surface area (Å²) < 4.78 is 11.9. The summed E-state index contributed by atoms with van der Waals surface area (Å²) in [6, 6.07) is 10.1. The minimum absolute atomic E-state index is 0.412. The third kappa shape index (κ3) is 3.45. The molecule has 0 spiro atoms. The maximum absolute atomic E-state index is 12.5. The normalized spacial score (nSPS) is 12.4. The van der Waals surface area contributed by atoms with Gasteiger partial charge in [0, 0.05) is 15.3 Å². The highest BCUT2D eigenvalue weighted by Crippen LogP contribution is 2.34. The van der Waals surface area contributed by atoms with Gasteiger partial charge in [-0.05, 0) is 59.3 Å². The van der Waals surface area contributed by atoms with E-state index in [1.165, 1.54) is 0 Å². The molecule has 1 N–H and O–H groups in total. The van der Waals surface area contributed by atoms with Crippen molar-refractivity contribution in [1.82, 2.24) is 0 Å². The molecule has 0 fully saturated rings. The Bertz CT molecular complexity index is 794. The zero-order valence-corrected chi connectivity index (χ0v) is 15.1. The number of anilines is 2. The molecule has 0 radical (unpaired) electrons. The maximum atomic E-state index is 12.5. The zero-order chi connectivity index (χ0) is 17.1. The number of urea groups is 1. The summed E-state index contributed by atoms with van der Waals surface area (Å²) in [5.41, 5.74) is 1.99. The van der Waals surface area contributed by atoms with Crippen molar-refractivity contribution >= 4 is 46.4 Å². The first-order valence-corrected chi connectivity index (χ1v) is 8.37. The fourth-order valence-corrected chi connectivity index (χ4v) is 2.80. The average Bonchev–Trinajstić information content (AvgIpc) is 2.59. The molecule has 7 heteroatoms. The van der Waals surface area contributed by atoms with E-state index in [4.69, 9.17) is 9.47 Å². The molecule has 124 valence electrons. The van der Waals surface area contributed by atoms with Gasteiger partial charge in [-0.25, -0.2) is 9.69 Å². The molecule has 1 aliphatic rings. The van der Waals surface area contributed by atoms with Crippen LogP contribution >= 0.6 is 22.6 Å². The van der Waals surface area contributed by atoms with Crippen molar-refractivity contribution in [3.05, 3.63) is 45.5 Å². The Morgan fingerprint density at radius 1 is 1.17 bits per heavy atom. The summed E-state index contributed by atoms with van der Waals surface area (Å²) >= 11 is 2.17. The first-order valence-electron chi connectivity index (χ1n) is 7.30. The Labute approximate surface area is 152 Å². The molecule has 1 heterocycles. The van der Waals surface area contributed by atoms with E-state index in [-0.39, 0.29) is 0 Å². The second-order valence-corrected chi connectivity index (χ2v) is 6.44. The highest BCUT2D eigenvalue weighted by molar-refractivity contribution is 14.1. The van der Waals surface area contributed by atoms with E-state index in [0.29, 0.717) is 42.5 Å². The number of rotatable bonds is 3. The van der Waals surface area contributed by atoms with Crippen LogP contribution in [0.25, 0.3) is 0 Å². The third-order valence-corrected chi connectivity index (χ3v) is 4.24. The number of hydrogen-bond donors (Lipinski definition) is 1. The molecule has 3 amide bonds. The zero-order valence-electron chi connectivity index (χ0n) is 12.9. The molecular formula is C17H15IN2O4. The molecule has 0 atom stereocenters. The van der Waals surface area contributed by atoms with E-state index < -0.39 is 6.03 Å². The van der Waals surface area contributed by atoms with Gasteiger partial charge < -0.3 is 14.8 Å². The SMILES string of the molecule is Cc1ccc(I)cc1NC(=O)N(C=O)c1ccc2c(c1)OCCO2. The molecule has 1 aliphatic heterocycles. The van der Waals surface area contributed by atoms with Crippen LogP contribution in [0.3, 0.4) is 0 Å². The predicted molar refractivity (Wildman–Crippen MR) is 98.9 cm³/mol. The Morgan fingerprint density at radius 2 is 1.92 bits per heavy atom. The van der Waals surface area contributed by atoms with Gasteiger partial charge in [-0.1, -0.05) is 6.07 Å². The number of nitrogens with one attached hydrogen (secondary N) is 1. The number of amides is 3. The number of hydrogen-bond acceptors (Lipinski definition) is 4. The molecule has 0 aromatic heterocycles. The van der Waals surface area contributed by atoms with Crippen molar-refractivity contribution in [2.45, 2.75) is 6.92 Å². The molecule has 0 bridgehead atoms. The highest BCUT2D eigenvalue weighted by atomic mass is 127. The fourth-order valence-electron chi connectivity index (χ4n) is 2.31. The van der Waals surface area contributed by atoms with Gasteiger partial charge in [-0.2, -0.15) is 0 Å². The lowest BCUT2D eigenvalue weighted by Crippen LogP contribution is -2.34. The number of carbonyl (C=O) groups is 2. The van der Waals surface area contributed by atoms with E-state index in [1.807, 2.05) is 25.1 Å². The Kier molecular flexibility index (Phi) is 4.89. The predicted octanol–water partition coefficient (Wildman–Crippen LogP) is 3.57. The quantitative estimate of drug-likeness (QED) is 0.588. The van der Waals surface area contributed by atoms with Gasteiger partial charge in [-0.15, -0.1) is 0 Å². The monoisotopic (exact) mass is 438 g/mol. The van der Waals surface area contributed by atoms with Crippen LogP contribution in [-0.4, -0.2) is 25.7 Å². The van der Waals surface area contributed by atoms with Gasteiger partial charge in [0.15, 0.2) is 11.5 Å². The van der Waals surface area contributed by atoms with Gasteiger partial charge in [0.1, 0.15) is 13.2 Å². The molecular weight excluding hydrogens is 423 g/mol. The second-order valence-electron chi connectivity index (χ2n) is 5.19. The first kappa shape index (κ1) is 16.6. The number of halogens is 1. The van der Waals surface area contributed by atoms with Gasteiger partial charge in [0.25, 0.3) is 0 Å². The van der Waals surface area contributed by atoms with Crippen LogP contribution in [0.2, 0.25) is 0 Å². The standard InChI is InChI=1S/C17H15IN2O4/c1-11-2-3-12(18)8-14(11)19-17(22)20(10-21)13-4-5-15-16(9-13)24-7-6-23-15/h2-5,8-10H,6-7H2,1H3,(H,19,22). The molecule has 3 rings (SSSR count). The van der Waals surface area contributed by atoms with Crippen molar-refractivity contribution in [2.75, 3.05) is 23.4 Å². The number of ether oxygens (including phenoxy) is 2. The first-order chi connectivity index (χ1) is 11.6. The summed E-state index contributed by atoms with van der Waals surface area (Å²) in [6.07, 6.45) is 0.476. The number of carbonyl (C=O) groups excluding carboxylic acids is 2. The minimum Gasteiger partial charge on any atom is -0.486 e. The van der Waals surface area contributed by atoms with Crippen LogP contribution in [0.15, 0.2) is 36.4 Å². The van der Waals surface area contributed by atoms with E-state index in [1.54, 1.807) is 18.2 Å². The van der Waals surface area contributed by atoms with Crippen molar-refractivity contribution in [1.29, 1.82) is 0 Å². The third-order valence-electron chi connectivity index (χ3n) is 3.57. The smallest absolute Gasteiger partial charge is 0.332 e. The topological polar surface area (TPSA) is 67.9 Å². The number of imide groups is 1. The van der Waals surface area contributed by atoms with Crippen LogP contribution in [0, 0.1) is 10.5 Å². The Hall–Kier alpha value is -2.29.